The number of hydrogen-bond donors (Lipinski definition) is 3. The summed E-state index contributed by atoms with van der Waals surface area (Å²) >= 11 is 1.66. The molecule has 0 aliphatic heterocycles. The molecule has 0 saturated carbocycles. The number of benzene rings is 1. The van der Waals surface area contributed by atoms with Crippen molar-refractivity contribution in [3.05, 3.63) is 41.2 Å². The minimum atomic E-state index is -0.0417. The molecule has 3 N–H and O–H groups in total. The van der Waals surface area contributed by atoms with Crippen LogP contribution < -0.4 is 5.32 Å². The lowest BCUT2D eigenvalue weighted by molar-refractivity contribution is -0.136. The first-order chi connectivity index (χ1) is 15.2. The zero-order valence-corrected chi connectivity index (χ0v) is 18.1. The van der Waals surface area contributed by atoms with Crippen molar-refractivity contribution in [1.29, 1.82) is 0 Å². The summed E-state index contributed by atoms with van der Waals surface area (Å²) in [6.45, 7) is 2.96. The number of amides is 1. The van der Waals surface area contributed by atoms with Gasteiger partial charge in [-0.3, -0.25) is 9.89 Å². The SMILES string of the molecule is CCN(CCO)C(=O)C1CCc2c(sc3ncnc(Nc4ccc5[nH]ncc5c4)c23)C1. The number of anilines is 2. The third-order valence-corrected chi connectivity index (χ3v) is 7.12. The molecule has 8 nitrogen and oxygen atoms in total. The van der Waals surface area contributed by atoms with Gasteiger partial charge in [0.25, 0.3) is 0 Å². The average Bonchev–Trinajstić information content (AvgIpc) is 3.40. The number of carbonyl (C=O) groups is 1. The molecule has 160 valence electrons. The van der Waals surface area contributed by atoms with Gasteiger partial charge in [0, 0.05) is 35.0 Å². The summed E-state index contributed by atoms with van der Waals surface area (Å²) in [4.78, 5) is 25.9. The van der Waals surface area contributed by atoms with Gasteiger partial charge in [0.1, 0.15) is 17.0 Å². The van der Waals surface area contributed by atoms with E-state index < -0.39 is 0 Å². The van der Waals surface area contributed by atoms with Crippen LogP contribution in [0.5, 0.6) is 0 Å². The van der Waals surface area contributed by atoms with E-state index >= 15 is 0 Å². The number of carbonyl (C=O) groups excluding carboxylic acids is 1. The summed E-state index contributed by atoms with van der Waals surface area (Å²) in [7, 11) is 0. The molecule has 1 unspecified atom stereocenters. The van der Waals surface area contributed by atoms with E-state index in [4.69, 9.17) is 0 Å². The number of aliphatic hydroxyl groups excluding tert-OH is 1. The Morgan fingerprint density at radius 3 is 3.13 bits per heavy atom. The number of H-pyrrole nitrogens is 1. The second-order valence-corrected chi connectivity index (χ2v) is 8.87. The Bertz CT molecular complexity index is 1250. The van der Waals surface area contributed by atoms with Crippen LogP contribution >= 0.6 is 11.3 Å². The van der Waals surface area contributed by atoms with Gasteiger partial charge in [0.05, 0.1) is 23.7 Å². The molecule has 1 aliphatic rings. The van der Waals surface area contributed by atoms with E-state index in [1.165, 1.54) is 10.4 Å². The predicted molar refractivity (Wildman–Crippen MR) is 122 cm³/mol. The number of hydrogen-bond acceptors (Lipinski definition) is 7. The maximum atomic E-state index is 12.9. The molecule has 1 aromatic carbocycles. The van der Waals surface area contributed by atoms with Gasteiger partial charge in [0.15, 0.2) is 0 Å². The van der Waals surface area contributed by atoms with Crippen LogP contribution in [0.25, 0.3) is 21.1 Å². The minimum Gasteiger partial charge on any atom is -0.395 e. The maximum absolute atomic E-state index is 12.9. The number of aromatic amines is 1. The number of aliphatic hydroxyl groups is 1. The molecule has 0 bridgehead atoms. The number of likely N-dealkylation sites (N-methyl/N-ethyl adjacent to an activating group) is 1. The third-order valence-electron chi connectivity index (χ3n) is 5.96. The molecule has 0 spiro atoms. The zero-order valence-electron chi connectivity index (χ0n) is 17.3. The topological polar surface area (TPSA) is 107 Å². The fourth-order valence-electron chi connectivity index (χ4n) is 4.38. The van der Waals surface area contributed by atoms with Gasteiger partial charge in [0.2, 0.25) is 5.91 Å². The van der Waals surface area contributed by atoms with Crippen LogP contribution in [-0.4, -0.2) is 55.8 Å². The molecule has 9 heteroatoms. The molecule has 0 saturated heterocycles. The summed E-state index contributed by atoms with van der Waals surface area (Å²) in [5.74, 6) is 0.892. The lowest BCUT2D eigenvalue weighted by Crippen LogP contribution is -2.39. The van der Waals surface area contributed by atoms with Gasteiger partial charge in [-0.1, -0.05) is 0 Å². The van der Waals surface area contributed by atoms with E-state index in [1.807, 2.05) is 25.1 Å². The Labute approximate surface area is 183 Å². The van der Waals surface area contributed by atoms with Crippen LogP contribution in [0, 0.1) is 5.92 Å². The number of thiophene rings is 1. The maximum Gasteiger partial charge on any atom is 0.226 e. The van der Waals surface area contributed by atoms with Crippen molar-refractivity contribution in [2.24, 2.45) is 5.92 Å². The normalized spacial score (nSPS) is 15.9. The largest absolute Gasteiger partial charge is 0.395 e. The second-order valence-electron chi connectivity index (χ2n) is 7.78. The van der Waals surface area contributed by atoms with Crippen LogP contribution in [0.3, 0.4) is 0 Å². The number of rotatable bonds is 6. The number of nitrogens with zero attached hydrogens (tertiary/aromatic N) is 4. The van der Waals surface area contributed by atoms with Crippen molar-refractivity contribution in [3.8, 4) is 0 Å². The van der Waals surface area contributed by atoms with Crippen molar-refractivity contribution in [3.63, 3.8) is 0 Å². The van der Waals surface area contributed by atoms with Crippen LogP contribution in [0.4, 0.5) is 11.5 Å². The van der Waals surface area contributed by atoms with Crippen molar-refractivity contribution >= 4 is 49.9 Å². The van der Waals surface area contributed by atoms with Gasteiger partial charge >= 0.3 is 0 Å². The first-order valence-electron chi connectivity index (χ1n) is 10.5. The molecule has 0 fully saturated rings. The van der Waals surface area contributed by atoms with Crippen LogP contribution in [0.2, 0.25) is 0 Å². The predicted octanol–water partition coefficient (Wildman–Crippen LogP) is 3.26. The van der Waals surface area contributed by atoms with Crippen molar-refractivity contribution < 1.29 is 9.90 Å². The van der Waals surface area contributed by atoms with Crippen LogP contribution in [0.15, 0.2) is 30.7 Å². The quantitative estimate of drug-likeness (QED) is 0.428. The van der Waals surface area contributed by atoms with E-state index in [1.54, 1.807) is 28.8 Å². The van der Waals surface area contributed by atoms with Crippen LogP contribution in [-0.2, 0) is 17.6 Å². The molecule has 1 amide bonds. The molecular formula is C22H24N6O2S. The monoisotopic (exact) mass is 436 g/mol. The molecule has 0 radical (unpaired) electrons. The Hall–Kier alpha value is -3.04. The fourth-order valence-corrected chi connectivity index (χ4v) is 5.64. The molecule has 1 atom stereocenters. The highest BCUT2D eigenvalue weighted by Crippen LogP contribution is 2.40. The summed E-state index contributed by atoms with van der Waals surface area (Å²) in [5.41, 5.74) is 3.19. The molecule has 5 rings (SSSR count). The van der Waals surface area contributed by atoms with Gasteiger partial charge < -0.3 is 15.3 Å². The van der Waals surface area contributed by atoms with E-state index in [0.717, 1.165) is 51.9 Å². The molecule has 3 heterocycles. The highest BCUT2D eigenvalue weighted by Gasteiger charge is 2.31. The number of aromatic nitrogens is 4. The zero-order chi connectivity index (χ0) is 21.4. The highest BCUT2D eigenvalue weighted by molar-refractivity contribution is 7.19. The van der Waals surface area contributed by atoms with E-state index in [9.17, 15) is 9.90 Å². The first-order valence-corrected chi connectivity index (χ1v) is 11.3. The summed E-state index contributed by atoms with van der Waals surface area (Å²) < 4.78 is 0. The van der Waals surface area contributed by atoms with Crippen molar-refractivity contribution in [2.75, 3.05) is 25.0 Å². The highest BCUT2D eigenvalue weighted by atomic mass is 32.1. The number of nitrogens with one attached hydrogen (secondary N) is 2. The summed E-state index contributed by atoms with van der Waals surface area (Å²) in [6, 6.07) is 6.04. The minimum absolute atomic E-state index is 0.00430. The molecular weight excluding hydrogens is 412 g/mol. The molecule has 31 heavy (non-hydrogen) atoms. The second kappa shape index (κ2) is 8.24. The lowest BCUT2D eigenvalue weighted by Gasteiger charge is -2.28. The summed E-state index contributed by atoms with van der Waals surface area (Å²) in [5, 5.41) is 21.8. The number of aryl methyl sites for hydroxylation is 1. The van der Waals surface area contributed by atoms with Gasteiger partial charge in [-0.15, -0.1) is 11.3 Å². The van der Waals surface area contributed by atoms with Crippen molar-refractivity contribution in [1.82, 2.24) is 25.1 Å². The molecule has 3 aromatic heterocycles. The van der Waals surface area contributed by atoms with Crippen molar-refractivity contribution in [2.45, 2.75) is 26.2 Å². The van der Waals surface area contributed by atoms with Crippen LogP contribution in [0.1, 0.15) is 23.8 Å². The molecule has 4 aromatic rings. The Morgan fingerprint density at radius 2 is 2.29 bits per heavy atom. The Balaban J connectivity index is 1.44. The van der Waals surface area contributed by atoms with Gasteiger partial charge in [-0.2, -0.15) is 5.10 Å². The van der Waals surface area contributed by atoms with Gasteiger partial charge in [-0.25, -0.2) is 9.97 Å². The number of fused-ring (bicyclic) bond motifs is 4. The third kappa shape index (κ3) is 3.64. The molecule has 1 aliphatic carbocycles. The van der Waals surface area contributed by atoms with E-state index in [2.05, 4.69) is 25.5 Å². The average molecular weight is 437 g/mol. The lowest BCUT2D eigenvalue weighted by atomic mass is 9.87. The fraction of sp³-hybridized carbons (Fsp3) is 0.364. The van der Waals surface area contributed by atoms with E-state index in [0.29, 0.717) is 13.1 Å². The van der Waals surface area contributed by atoms with E-state index in [-0.39, 0.29) is 18.4 Å². The Morgan fingerprint density at radius 1 is 1.39 bits per heavy atom. The van der Waals surface area contributed by atoms with Gasteiger partial charge in [-0.05, 0) is 49.9 Å². The first kappa shape index (κ1) is 19.9. The smallest absolute Gasteiger partial charge is 0.226 e. The Kier molecular flexibility index (Phi) is 5.29. The standard InChI is InChI=1S/C22H24N6O2S/c1-2-28(7-8-29)22(30)13-3-5-16-18(10-13)31-21-19(16)20(23-12-24-21)26-15-4-6-17-14(9-15)11-25-27-17/h4,6,9,11-13,29H,2-3,5,7-8,10H2,1H3,(H,25,27)(H,23,24,26). The summed E-state index contributed by atoms with van der Waals surface area (Å²) in [6.07, 6.45) is 5.74.